The Balaban J connectivity index is 1.65. The lowest BCUT2D eigenvalue weighted by molar-refractivity contribution is -0.112. The van der Waals surface area contributed by atoms with E-state index in [1.807, 2.05) is 42.6 Å². The monoisotopic (exact) mass is 439 g/mol. The second kappa shape index (κ2) is 8.30. The molecule has 0 saturated heterocycles. The number of pyridine rings is 1. The van der Waals surface area contributed by atoms with Gasteiger partial charge < -0.3 is 14.6 Å². The van der Waals surface area contributed by atoms with E-state index >= 15 is 0 Å². The number of benzene rings is 1. The molecule has 0 atom stereocenters. The van der Waals surface area contributed by atoms with E-state index in [2.05, 4.69) is 14.9 Å². The van der Waals surface area contributed by atoms with Crippen molar-refractivity contribution < 1.29 is 14.3 Å². The Kier molecular flexibility index (Phi) is 5.57. The van der Waals surface area contributed by atoms with Gasteiger partial charge in [-0.1, -0.05) is 23.7 Å². The molecular formula is C22H18ClN3O3S. The highest BCUT2D eigenvalue weighted by molar-refractivity contribution is 7.16. The van der Waals surface area contributed by atoms with Crippen molar-refractivity contribution >= 4 is 50.5 Å². The zero-order valence-corrected chi connectivity index (χ0v) is 17.9. The van der Waals surface area contributed by atoms with Crippen molar-refractivity contribution in [1.29, 1.82) is 0 Å². The van der Waals surface area contributed by atoms with Crippen molar-refractivity contribution in [1.82, 2.24) is 9.55 Å². The summed E-state index contributed by atoms with van der Waals surface area (Å²) in [5, 5.41) is 6.00. The number of carbonyl (C=O) groups is 2. The van der Waals surface area contributed by atoms with E-state index in [0.717, 1.165) is 21.5 Å². The molecule has 152 valence electrons. The first-order valence-corrected chi connectivity index (χ1v) is 10.4. The van der Waals surface area contributed by atoms with Gasteiger partial charge in [-0.3, -0.25) is 9.59 Å². The molecule has 4 rings (SSSR count). The van der Waals surface area contributed by atoms with Gasteiger partial charge in [-0.2, -0.15) is 0 Å². The van der Waals surface area contributed by atoms with Crippen LogP contribution in [0.2, 0.25) is 5.02 Å². The highest BCUT2D eigenvalue weighted by Crippen LogP contribution is 2.32. The molecule has 0 aliphatic heterocycles. The average molecular weight is 440 g/mol. The number of carbonyl (C=O) groups excluding carboxylic acids is 2. The summed E-state index contributed by atoms with van der Waals surface area (Å²) in [4.78, 5) is 30.7. The normalized spacial score (nSPS) is 10.9. The number of nitrogens with zero attached hydrogens (tertiary/aromatic N) is 2. The quantitative estimate of drug-likeness (QED) is 0.341. The third-order valence-corrected chi connectivity index (χ3v) is 6.00. The number of ether oxygens (including phenoxy) is 1. The number of Topliss-reactive ketones (excluding diaryl/α,β-unsaturated/α-hetero) is 1. The number of hydrogen-bond acceptors (Lipinski definition) is 5. The van der Waals surface area contributed by atoms with E-state index in [4.69, 9.17) is 16.3 Å². The molecule has 1 N–H and O–H groups in total. The number of hydrogen-bond donors (Lipinski definition) is 1. The fourth-order valence-corrected chi connectivity index (χ4v) is 4.42. The van der Waals surface area contributed by atoms with Gasteiger partial charge in [0.05, 0.1) is 12.7 Å². The molecule has 4 aromatic rings. The molecule has 3 aromatic heterocycles. The number of rotatable bonds is 6. The first-order chi connectivity index (χ1) is 14.5. The second-order valence-corrected chi connectivity index (χ2v) is 8.01. The molecule has 0 bridgehead atoms. The van der Waals surface area contributed by atoms with Gasteiger partial charge in [-0.15, -0.1) is 11.3 Å². The van der Waals surface area contributed by atoms with Crippen molar-refractivity contribution in [3.63, 3.8) is 0 Å². The number of ketones is 1. The molecule has 8 heteroatoms. The lowest BCUT2D eigenvalue weighted by atomic mass is 10.1. The third kappa shape index (κ3) is 3.81. The molecule has 30 heavy (non-hydrogen) atoms. The molecule has 0 saturated carbocycles. The van der Waals surface area contributed by atoms with Crippen molar-refractivity contribution in [2.45, 2.75) is 13.5 Å². The molecule has 0 aliphatic carbocycles. The van der Waals surface area contributed by atoms with Gasteiger partial charge >= 0.3 is 0 Å². The number of amides is 1. The lowest BCUT2D eigenvalue weighted by Gasteiger charge is -2.09. The van der Waals surface area contributed by atoms with Crippen LogP contribution in [0.15, 0.2) is 54.0 Å². The van der Waals surface area contributed by atoms with E-state index in [1.165, 1.54) is 24.6 Å². The van der Waals surface area contributed by atoms with Crippen LogP contribution in [0.3, 0.4) is 0 Å². The minimum atomic E-state index is -0.705. The maximum atomic E-state index is 13.1. The summed E-state index contributed by atoms with van der Waals surface area (Å²) in [6.45, 7) is 2.44. The lowest BCUT2D eigenvalue weighted by Crippen LogP contribution is -2.23. The number of halogens is 1. The molecule has 0 spiro atoms. The fourth-order valence-electron chi connectivity index (χ4n) is 3.33. The second-order valence-electron chi connectivity index (χ2n) is 6.68. The average Bonchev–Trinajstić information content (AvgIpc) is 3.31. The number of methoxy groups -OCH3 is 1. The van der Waals surface area contributed by atoms with Crippen molar-refractivity contribution in [2.24, 2.45) is 0 Å². The zero-order chi connectivity index (χ0) is 21.3. The third-order valence-electron chi connectivity index (χ3n) is 4.82. The van der Waals surface area contributed by atoms with Crippen molar-refractivity contribution in [3.05, 3.63) is 75.9 Å². The number of aromatic nitrogens is 2. The maximum Gasteiger partial charge on any atom is 0.296 e. The maximum absolute atomic E-state index is 13.1. The first-order valence-electron chi connectivity index (χ1n) is 9.14. The Morgan fingerprint density at radius 3 is 2.70 bits per heavy atom. The Morgan fingerprint density at radius 2 is 1.97 bits per heavy atom. The number of fused-ring (bicyclic) bond motifs is 1. The first kappa shape index (κ1) is 20.1. The van der Waals surface area contributed by atoms with Crippen molar-refractivity contribution in [2.75, 3.05) is 12.4 Å². The van der Waals surface area contributed by atoms with Crippen LogP contribution in [-0.2, 0) is 11.3 Å². The van der Waals surface area contributed by atoms with Gasteiger partial charge in [-0.25, -0.2) is 4.98 Å². The summed E-state index contributed by atoms with van der Waals surface area (Å²) >= 11 is 7.52. The SMILES string of the molecule is COc1cc(NC(=O)C(=O)c2c(C)n(Cc3ccc(Cl)cc3)c3sccc23)ccn1. The van der Waals surface area contributed by atoms with Gasteiger partial charge in [0.25, 0.3) is 11.7 Å². The highest BCUT2D eigenvalue weighted by Gasteiger charge is 2.26. The van der Waals surface area contributed by atoms with Crippen LogP contribution in [0.4, 0.5) is 5.69 Å². The van der Waals surface area contributed by atoms with E-state index in [0.29, 0.717) is 28.7 Å². The molecule has 0 aliphatic rings. The molecule has 0 fully saturated rings. The molecule has 1 aromatic carbocycles. The predicted octanol–water partition coefficient (Wildman–Crippen LogP) is 4.94. The van der Waals surface area contributed by atoms with Crippen LogP contribution < -0.4 is 10.1 Å². The highest BCUT2D eigenvalue weighted by atomic mass is 35.5. The summed E-state index contributed by atoms with van der Waals surface area (Å²) in [7, 11) is 1.49. The summed E-state index contributed by atoms with van der Waals surface area (Å²) in [5.41, 5.74) is 2.66. The Bertz CT molecular complexity index is 1240. The van der Waals surface area contributed by atoms with E-state index in [1.54, 1.807) is 12.1 Å². The van der Waals surface area contributed by atoms with Crippen LogP contribution in [0.5, 0.6) is 5.88 Å². The van der Waals surface area contributed by atoms with Crippen LogP contribution in [-0.4, -0.2) is 28.4 Å². The summed E-state index contributed by atoms with van der Waals surface area (Å²) in [6.07, 6.45) is 1.50. The van der Waals surface area contributed by atoms with Gasteiger partial charge in [-0.05, 0) is 42.1 Å². The molecule has 0 radical (unpaired) electrons. The molecule has 6 nitrogen and oxygen atoms in total. The Morgan fingerprint density at radius 1 is 1.20 bits per heavy atom. The molecule has 1 amide bonds. The van der Waals surface area contributed by atoms with Gasteiger partial charge in [0.1, 0.15) is 4.83 Å². The summed E-state index contributed by atoms with van der Waals surface area (Å²) in [5.74, 6) is -0.935. The Labute approximate surface area is 182 Å². The summed E-state index contributed by atoms with van der Waals surface area (Å²) in [6, 6.07) is 12.6. The van der Waals surface area contributed by atoms with Crippen LogP contribution in [0.25, 0.3) is 10.2 Å². The molecule has 3 heterocycles. The zero-order valence-electron chi connectivity index (χ0n) is 16.3. The fraction of sp³-hybridized carbons (Fsp3) is 0.136. The van der Waals surface area contributed by atoms with Gasteiger partial charge in [0, 0.05) is 40.6 Å². The van der Waals surface area contributed by atoms with Crippen molar-refractivity contribution in [3.8, 4) is 5.88 Å². The topological polar surface area (TPSA) is 73.2 Å². The minimum Gasteiger partial charge on any atom is -0.481 e. The predicted molar refractivity (Wildman–Crippen MR) is 119 cm³/mol. The van der Waals surface area contributed by atoms with Crippen LogP contribution in [0, 0.1) is 6.92 Å². The number of thiophene rings is 1. The van der Waals surface area contributed by atoms with Gasteiger partial charge in [0.15, 0.2) is 0 Å². The smallest absolute Gasteiger partial charge is 0.296 e. The van der Waals surface area contributed by atoms with Crippen LogP contribution in [0.1, 0.15) is 21.6 Å². The summed E-state index contributed by atoms with van der Waals surface area (Å²) < 4.78 is 7.11. The van der Waals surface area contributed by atoms with E-state index in [9.17, 15) is 9.59 Å². The number of nitrogens with one attached hydrogen (secondary N) is 1. The number of anilines is 1. The largest absolute Gasteiger partial charge is 0.481 e. The van der Waals surface area contributed by atoms with E-state index < -0.39 is 11.7 Å². The Hall–Kier alpha value is -3.16. The molecular weight excluding hydrogens is 422 g/mol. The van der Waals surface area contributed by atoms with Crippen LogP contribution >= 0.6 is 22.9 Å². The van der Waals surface area contributed by atoms with Gasteiger partial charge in [0.2, 0.25) is 5.88 Å². The minimum absolute atomic E-state index is 0.353. The van der Waals surface area contributed by atoms with E-state index in [-0.39, 0.29) is 0 Å². The standard InChI is InChI=1S/C22H18ClN3O3S/c1-13-19(20(27)21(28)25-16-7-9-24-18(11-16)29-2)17-8-10-30-22(17)26(13)12-14-3-5-15(23)6-4-14/h3-11H,12H2,1-2H3,(H,24,25,28). The molecule has 0 unspecified atom stereocenters.